The fourth-order valence-corrected chi connectivity index (χ4v) is 2.59. The number of hydrogen-bond acceptors (Lipinski definition) is 7. The van der Waals surface area contributed by atoms with E-state index in [9.17, 15) is 22.6 Å². The Bertz CT molecular complexity index is 489. The first-order chi connectivity index (χ1) is 11.0. The molecule has 0 aliphatic rings. The van der Waals surface area contributed by atoms with Crippen molar-refractivity contribution < 1.29 is 61.6 Å². The second-order valence-corrected chi connectivity index (χ2v) is 8.20. The first-order valence-corrected chi connectivity index (χ1v) is 9.78. The third-order valence-corrected chi connectivity index (χ3v) is 4.38. The molecule has 0 spiro atoms. The molecule has 0 N–H and O–H groups in total. The summed E-state index contributed by atoms with van der Waals surface area (Å²) in [5, 5.41) is -2.05. The van der Waals surface area contributed by atoms with Crippen LogP contribution in [-0.4, -0.2) is 43.4 Å². The van der Waals surface area contributed by atoms with Crippen LogP contribution in [0.4, 0.5) is 0 Å². The number of ether oxygens (including phenoxy) is 2. The predicted octanol–water partition coefficient (Wildman–Crippen LogP) is -0.747. The normalized spacial score (nSPS) is 12.6. The SMILES string of the molecule is CC(C)CCCOC(=O)CC(C(=O)OCCCC(C)C)S(=O)(=O)[O-].[Na+]. The summed E-state index contributed by atoms with van der Waals surface area (Å²) in [5.74, 6) is -1.20. The van der Waals surface area contributed by atoms with Gasteiger partial charge in [0, 0.05) is 0 Å². The third-order valence-electron chi connectivity index (χ3n) is 3.32. The first kappa shape index (κ1) is 27.1. The third kappa shape index (κ3) is 14.7. The molecule has 0 fully saturated rings. The molecule has 0 amide bonds. The number of carbonyl (C=O) groups is 2. The molecule has 0 saturated carbocycles. The molecule has 0 saturated heterocycles. The van der Waals surface area contributed by atoms with Crippen molar-refractivity contribution >= 4 is 22.1 Å². The van der Waals surface area contributed by atoms with Crippen molar-refractivity contribution in [1.82, 2.24) is 0 Å². The van der Waals surface area contributed by atoms with E-state index in [-0.39, 0.29) is 42.8 Å². The number of carbonyl (C=O) groups excluding carboxylic acids is 2. The molecule has 0 rings (SSSR count). The molecule has 1 unspecified atom stereocenters. The number of hydrogen-bond donors (Lipinski definition) is 0. The minimum absolute atomic E-state index is 0. The summed E-state index contributed by atoms with van der Waals surface area (Å²) >= 11 is 0. The van der Waals surface area contributed by atoms with Gasteiger partial charge >= 0.3 is 41.5 Å². The van der Waals surface area contributed by atoms with Gasteiger partial charge in [-0.3, -0.25) is 9.59 Å². The monoisotopic (exact) mass is 388 g/mol. The molecule has 1 atom stereocenters. The van der Waals surface area contributed by atoms with Gasteiger partial charge < -0.3 is 14.0 Å². The van der Waals surface area contributed by atoms with Crippen molar-refractivity contribution in [2.75, 3.05) is 13.2 Å². The van der Waals surface area contributed by atoms with Crippen LogP contribution in [0.3, 0.4) is 0 Å². The Kier molecular flexibility index (Phi) is 15.1. The molecular formula is C16H29NaO7S. The Hall–Kier alpha value is -0.150. The van der Waals surface area contributed by atoms with Crippen LogP contribution in [0, 0.1) is 11.8 Å². The second kappa shape index (κ2) is 14.0. The Labute approximate surface area is 173 Å². The molecule has 0 aromatic heterocycles. The molecule has 0 heterocycles. The molecule has 9 heteroatoms. The zero-order chi connectivity index (χ0) is 18.8. The molecule has 142 valence electrons. The van der Waals surface area contributed by atoms with Crippen molar-refractivity contribution in [3.63, 3.8) is 0 Å². The fourth-order valence-electron chi connectivity index (χ4n) is 1.95. The number of esters is 2. The smallest absolute Gasteiger partial charge is 0.747 e. The maximum Gasteiger partial charge on any atom is 1.00 e. The summed E-state index contributed by atoms with van der Waals surface area (Å²) in [7, 11) is -4.98. The minimum atomic E-state index is -4.98. The molecule has 0 aliphatic carbocycles. The van der Waals surface area contributed by atoms with E-state index in [1.54, 1.807) is 0 Å². The summed E-state index contributed by atoms with van der Waals surface area (Å²) in [5.41, 5.74) is 0. The average molecular weight is 388 g/mol. The zero-order valence-electron chi connectivity index (χ0n) is 15.9. The van der Waals surface area contributed by atoms with Gasteiger partial charge in [-0.15, -0.1) is 0 Å². The van der Waals surface area contributed by atoms with Crippen LogP contribution < -0.4 is 29.6 Å². The van der Waals surface area contributed by atoms with Crippen molar-refractivity contribution in [2.24, 2.45) is 11.8 Å². The Morgan fingerprint density at radius 1 is 0.920 bits per heavy atom. The van der Waals surface area contributed by atoms with Crippen LogP contribution in [0.1, 0.15) is 59.8 Å². The van der Waals surface area contributed by atoms with Crippen LogP contribution in [0.5, 0.6) is 0 Å². The van der Waals surface area contributed by atoms with Gasteiger partial charge in [-0.25, -0.2) is 8.42 Å². The Morgan fingerprint density at radius 3 is 1.76 bits per heavy atom. The maximum absolute atomic E-state index is 11.8. The van der Waals surface area contributed by atoms with Crippen molar-refractivity contribution in [2.45, 2.75) is 65.0 Å². The van der Waals surface area contributed by atoms with E-state index in [0.717, 1.165) is 12.8 Å². The molecule has 0 aliphatic heterocycles. The fraction of sp³-hybridized carbons (Fsp3) is 0.875. The van der Waals surface area contributed by atoms with E-state index in [2.05, 4.69) is 0 Å². The summed E-state index contributed by atoms with van der Waals surface area (Å²) in [6, 6.07) is 0. The van der Waals surface area contributed by atoms with E-state index in [1.165, 1.54) is 0 Å². The van der Waals surface area contributed by atoms with Gasteiger partial charge in [0.15, 0.2) is 5.25 Å². The summed E-state index contributed by atoms with van der Waals surface area (Å²) in [6.45, 7) is 8.21. The largest absolute Gasteiger partial charge is 1.00 e. The topological polar surface area (TPSA) is 110 Å². The molecular weight excluding hydrogens is 359 g/mol. The zero-order valence-corrected chi connectivity index (χ0v) is 18.8. The van der Waals surface area contributed by atoms with Gasteiger partial charge in [0.1, 0.15) is 10.1 Å². The summed E-state index contributed by atoms with van der Waals surface area (Å²) < 4.78 is 43.3. The Balaban J connectivity index is 0. The van der Waals surface area contributed by atoms with Gasteiger partial charge in [0.2, 0.25) is 0 Å². The number of rotatable bonds is 12. The summed E-state index contributed by atoms with van der Waals surface area (Å²) in [4.78, 5) is 23.4. The standard InChI is InChI=1S/C16H30O7S.Na/c1-12(2)7-5-9-22-15(17)11-14(24(19,20)21)16(18)23-10-6-8-13(3)4;/h12-14H,5-11H2,1-4H3,(H,19,20,21);/q;+1/p-1. The van der Waals surface area contributed by atoms with E-state index in [0.29, 0.717) is 24.7 Å². The van der Waals surface area contributed by atoms with Crippen LogP contribution in [-0.2, 0) is 29.2 Å². The van der Waals surface area contributed by atoms with Gasteiger partial charge in [-0.2, -0.15) is 0 Å². The first-order valence-electron chi connectivity index (χ1n) is 8.31. The molecule has 7 nitrogen and oxygen atoms in total. The minimum Gasteiger partial charge on any atom is -0.747 e. The van der Waals surface area contributed by atoms with E-state index < -0.39 is 33.7 Å². The maximum atomic E-state index is 11.8. The van der Waals surface area contributed by atoms with Crippen molar-refractivity contribution in [3.8, 4) is 0 Å². The van der Waals surface area contributed by atoms with Crippen molar-refractivity contribution in [1.29, 1.82) is 0 Å². The molecule has 25 heavy (non-hydrogen) atoms. The van der Waals surface area contributed by atoms with Gasteiger partial charge in [0.05, 0.1) is 19.6 Å². The van der Waals surface area contributed by atoms with Crippen LogP contribution >= 0.6 is 0 Å². The van der Waals surface area contributed by atoms with E-state index in [4.69, 9.17) is 9.47 Å². The molecule has 0 bridgehead atoms. The van der Waals surface area contributed by atoms with Crippen LogP contribution in [0.2, 0.25) is 0 Å². The van der Waals surface area contributed by atoms with Gasteiger partial charge in [-0.1, -0.05) is 27.7 Å². The van der Waals surface area contributed by atoms with Crippen LogP contribution in [0.25, 0.3) is 0 Å². The second-order valence-electron chi connectivity index (χ2n) is 6.65. The Morgan fingerprint density at radius 2 is 1.36 bits per heavy atom. The predicted molar refractivity (Wildman–Crippen MR) is 88.2 cm³/mol. The quantitative estimate of drug-likeness (QED) is 0.187. The molecule has 0 radical (unpaired) electrons. The van der Waals surface area contributed by atoms with E-state index >= 15 is 0 Å². The van der Waals surface area contributed by atoms with Gasteiger partial charge in [-0.05, 0) is 37.5 Å². The summed E-state index contributed by atoms with van der Waals surface area (Å²) in [6.07, 6.45) is 2.05. The van der Waals surface area contributed by atoms with Crippen molar-refractivity contribution in [3.05, 3.63) is 0 Å². The van der Waals surface area contributed by atoms with Gasteiger partial charge in [0.25, 0.3) is 0 Å². The van der Waals surface area contributed by atoms with E-state index in [1.807, 2.05) is 27.7 Å². The van der Waals surface area contributed by atoms with Crippen LogP contribution in [0.15, 0.2) is 0 Å². The average Bonchev–Trinajstić information content (AvgIpc) is 2.43. The molecule has 0 aromatic rings. The molecule has 0 aromatic carbocycles.